The standard InChI is InChI=1S/C8H17N.C2H6/c1-7(2)5-8(3,4)6(7)9;1-2/h6H,5,9H2,1-4H3;1-2H3. The summed E-state index contributed by atoms with van der Waals surface area (Å²) in [5.74, 6) is 0. The van der Waals surface area contributed by atoms with Crippen molar-refractivity contribution in [3.63, 3.8) is 0 Å². The third-order valence-electron chi connectivity index (χ3n) is 2.60. The molecule has 0 saturated heterocycles. The van der Waals surface area contributed by atoms with Crippen LogP contribution in [-0.2, 0) is 0 Å². The Morgan fingerprint density at radius 1 is 1.00 bits per heavy atom. The normalized spacial score (nSPS) is 26.5. The molecule has 0 atom stereocenters. The molecular weight excluding hydrogens is 134 g/mol. The van der Waals surface area contributed by atoms with Crippen LogP contribution < -0.4 is 5.73 Å². The third-order valence-corrected chi connectivity index (χ3v) is 2.60. The van der Waals surface area contributed by atoms with Gasteiger partial charge in [0.2, 0.25) is 0 Å². The predicted octanol–water partition coefficient (Wildman–Crippen LogP) is 2.80. The van der Waals surface area contributed by atoms with Crippen molar-refractivity contribution in [1.29, 1.82) is 0 Å². The van der Waals surface area contributed by atoms with E-state index >= 15 is 0 Å². The van der Waals surface area contributed by atoms with E-state index in [1.807, 2.05) is 13.8 Å². The third kappa shape index (κ3) is 1.96. The highest BCUT2D eigenvalue weighted by molar-refractivity contribution is 5.04. The van der Waals surface area contributed by atoms with E-state index in [1.165, 1.54) is 6.42 Å². The molecule has 0 amide bonds. The monoisotopic (exact) mass is 157 g/mol. The van der Waals surface area contributed by atoms with E-state index in [0.717, 1.165) is 0 Å². The largest absolute Gasteiger partial charge is 0.327 e. The Bertz CT molecular complexity index is 111. The first-order chi connectivity index (χ1) is 4.86. The summed E-state index contributed by atoms with van der Waals surface area (Å²) < 4.78 is 0. The van der Waals surface area contributed by atoms with Gasteiger partial charge < -0.3 is 5.73 Å². The lowest BCUT2D eigenvalue weighted by Gasteiger charge is -2.55. The van der Waals surface area contributed by atoms with Crippen molar-refractivity contribution >= 4 is 0 Å². The molecule has 0 radical (unpaired) electrons. The van der Waals surface area contributed by atoms with Crippen molar-refractivity contribution in [2.75, 3.05) is 0 Å². The quantitative estimate of drug-likeness (QED) is 0.575. The maximum atomic E-state index is 5.93. The van der Waals surface area contributed by atoms with E-state index in [0.29, 0.717) is 16.9 Å². The van der Waals surface area contributed by atoms with Gasteiger partial charge in [-0.15, -0.1) is 0 Å². The molecule has 0 aromatic rings. The second-order valence-corrected chi connectivity index (χ2v) is 4.63. The molecule has 1 fully saturated rings. The molecule has 0 aromatic carbocycles. The Labute approximate surface area is 71.4 Å². The molecule has 0 unspecified atom stereocenters. The Balaban J connectivity index is 0.000000461. The Morgan fingerprint density at radius 2 is 1.27 bits per heavy atom. The molecule has 0 aromatic heterocycles. The van der Waals surface area contributed by atoms with Crippen LogP contribution >= 0.6 is 0 Å². The smallest absolute Gasteiger partial charge is 0.0142 e. The summed E-state index contributed by atoms with van der Waals surface area (Å²) in [6.45, 7) is 13.0. The van der Waals surface area contributed by atoms with Crippen LogP contribution in [0.1, 0.15) is 48.0 Å². The molecule has 0 bridgehead atoms. The maximum Gasteiger partial charge on any atom is 0.0142 e. The molecular formula is C10H23N. The SMILES string of the molecule is CC.CC1(C)CC(C)(C)C1N. The highest BCUT2D eigenvalue weighted by Crippen LogP contribution is 2.52. The number of hydrogen-bond acceptors (Lipinski definition) is 1. The number of rotatable bonds is 0. The van der Waals surface area contributed by atoms with Crippen LogP contribution in [-0.4, -0.2) is 6.04 Å². The minimum Gasteiger partial charge on any atom is -0.327 e. The molecule has 1 saturated carbocycles. The first kappa shape index (κ1) is 11.0. The fraction of sp³-hybridized carbons (Fsp3) is 1.00. The predicted molar refractivity (Wildman–Crippen MR) is 51.5 cm³/mol. The lowest BCUT2D eigenvalue weighted by atomic mass is 9.52. The van der Waals surface area contributed by atoms with Crippen LogP contribution in [0.2, 0.25) is 0 Å². The molecule has 68 valence electrons. The fourth-order valence-electron chi connectivity index (χ4n) is 2.32. The summed E-state index contributed by atoms with van der Waals surface area (Å²) in [4.78, 5) is 0. The lowest BCUT2D eigenvalue weighted by Crippen LogP contribution is -2.60. The van der Waals surface area contributed by atoms with Crippen molar-refractivity contribution in [3.8, 4) is 0 Å². The second kappa shape index (κ2) is 3.14. The molecule has 11 heavy (non-hydrogen) atoms. The molecule has 0 spiro atoms. The van der Waals surface area contributed by atoms with Gasteiger partial charge in [0.25, 0.3) is 0 Å². The van der Waals surface area contributed by atoms with Gasteiger partial charge in [0.1, 0.15) is 0 Å². The lowest BCUT2D eigenvalue weighted by molar-refractivity contribution is -0.0169. The highest BCUT2D eigenvalue weighted by atomic mass is 14.8. The van der Waals surface area contributed by atoms with E-state index in [2.05, 4.69) is 27.7 Å². The molecule has 1 rings (SSSR count). The van der Waals surface area contributed by atoms with E-state index < -0.39 is 0 Å². The summed E-state index contributed by atoms with van der Waals surface area (Å²) in [6, 6.07) is 0.394. The van der Waals surface area contributed by atoms with Crippen molar-refractivity contribution < 1.29 is 0 Å². The van der Waals surface area contributed by atoms with Gasteiger partial charge in [-0.1, -0.05) is 41.5 Å². The first-order valence-electron chi connectivity index (χ1n) is 4.62. The first-order valence-corrected chi connectivity index (χ1v) is 4.62. The van der Waals surface area contributed by atoms with Crippen molar-refractivity contribution in [2.24, 2.45) is 16.6 Å². The summed E-state index contributed by atoms with van der Waals surface area (Å²) in [5.41, 5.74) is 6.72. The summed E-state index contributed by atoms with van der Waals surface area (Å²) >= 11 is 0. The van der Waals surface area contributed by atoms with Crippen LogP contribution in [0.5, 0.6) is 0 Å². The molecule has 2 N–H and O–H groups in total. The Hall–Kier alpha value is -0.0400. The van der Waals surface area contributed by atoms with Gasteiger partial charge in [-0.05, 0) is 17.3 Å². The van der Waals surface area contributed by atoms with E-state index in [4.69, 9.17) is 5.73 Å². The summed E-state index contributed by atoms with van der Waals surface area (Å²) in [7, 11) is 0. The Morgan fingerprint density at radius 3 is 1.27 bits per heavy atom. The number of hydrogen-bond donors (Lipinski definition) is 1. The van der Waals surface area contributed by atoms with Gasteiger partial charge in [-0.3, -0.25) is 0 Å². The van der Waals surface area contributed by atoms with Gasteiger partial charge in [0.05, 0.1) is 0 Å². The molecule has 0 aliphatic heterocycles. The molecule has 0 heterocycles. The van der Waals surface area contributed by atoms with Gasteiger partial charge in [0.15, 0.2) is 0 Å². The van der Waals surface area contributed by atoms with Crippen molar-refractivity contribution in [1.82, 2.24) is 0 Å². The van der Waals surface area contributed by atoms with Gasteiger partial charge in [-0.25, -0.2) is 0 Å². The average molecular weight is 157 g/mol. The van der Waals surface area contributed by atoms with E-state index in [9.17, 15) is 0 Å². The van der Waals surface area contributed by atoms with Crippen molar-refractivity contribution in [3.05, 3.63) is 0 Å². The fourth-order valence-corrected chi connectivity index (χ4v) is 2.32. The average Bonchev–Trinajstić information content (AvgIpc) is 1.89. The maximum absolute atomic E-state index is 5.93. The second-order valence-electron chi connectivity index (χ2n) is 4.63. The Kier molecular flexibility index (Phi) is 3.13. The van der Waals surface area contributed by atoms with Crippen LogP contribution in [0.25, 0.3) is 0 Å². The van der Waals surface area contributed by atoms with Gasteiger partial charge in [0, 0.05) is 6.04 Å². The van der Waals surface area contributed by atoms with E-state index in [1.54, 1.807) is 0 Å². The minimum absolute atomic E-state index is 0.392. The van der Waals surface area contributed by atoms with Crippen LogP contribution in [0.4, 0.5) is 0 Å². The van der Waals surface area contributed by atoms with Gasteiger partial charge >= 0.3 is 0 Å². The van der Waals surface area contributed by atoms with Crippen LogP contribution in [0.3, 0.4) is 0 Å². The molecule has 1 nitrogen and oxygen atoms in total. The number of nitrogens with two attached hydrogens (primary N) is 1. The van der Waals surface area contributed by atoms with Crippen LogP contribution in [0, 0.1) is 10.8 Å². The molecule has 1 heteroatoms. The zero-order valence-corrected chi connectivity index (χ0v) is 8.86. The van der Waals surface area contributed by atoms with Crippen LogP contribution in [0.15, 0.2) is 0 Å². The molecule has 1 aliphatic carbocycles. The van der Waals surface area contributed by atoms with E-state index in [-0.39, 0.29) is 0 Å². The summed E-state index contributed by atoms with van der Waals surface area (Å²) in [6.07, 6.45) is 1.27. The summed E-state index contributed by atoms with van der Waals surface area (Å²) in [5, 5.41) is 0. The zero-order valence-electron chi connectivity index (χ0n) is 8.86. The molecule has 1 aliphatic rings. The topological polar surface area (TPSA) is 26.0 Å². The van der Waals surface area contributed by atoms with Gasteiger partial charge in [-0.2, -0.15) is 0 Å². The van der Waals surface area contributed by atoms with Crippen molar-refractivity contribution in [2.45, 2.75) is 54.0 Å². The minimum atomic E-state index is 0.392. The zero-order chi connectivity index (χ0) is 9.28. The highest BCUT2D eigenvalue weighted by Gasteiger charge is 2.50.